The zero-order chi connectivity index (χ0) is 13.7. The minimum Gasteiger partial charge on any atom is -0.323 e. The highest BCUT2D eigenvalue weighted by Crippen LogP contribution is 2.18. The van der Waals surface area contributed by atoms with Crippen molar-refractivity contribution in [2.75, 3.05) is 13.6 Å². The van der Waals surface area contributed by atoms with Crippen LogP contribution in [0.15, 0.2) is 18.2 Å². The summed E-state index contributed by atoms with van der Waals surface area (Å²) < 4.78 is 26.6. The third-order valence-electron chi connectivity index (χ3n) is 3.30. The zero-order valence-corrected chi connectivity index (χ0v) is 11.3. The molecule has 0 spiro atoms. The largest absolute Gasteiger partial charge is 0.323 e. The zero-order valence-electron chi connectivity index (χ0n) is 11.3. The van der Waals surface area contributed by atoms with Crippen molar-refractivity contribution >= 4 is 0 Å². The Labute approximate surface area is 108 Å². The number of halogens is 2. The molecule has 0 fully saturated rings. The molecule has 1 rings (SSSR count). The standard InChI is InChI=1S/C14H22F2N2/c1-4-5-10(2)18(3)9-14(17)12-8-11(15)6-7-13(12)16/h6-8,10,14H,4-5,9,17H2,1-3H3. The molecule has 0 saturated carbocycles. The third-order valence-corrected chi connectivity index (χ3v) is 3.30. The second-order valence-electron chi connectivity index (χ2n) is 4.85. The molecule has 2 N–H and O–H groups in total. The van der Waals surface area contributed by atoms with Crippen molar-refractivity contribution in [2.24, 2.45) is 5.73 Å². The summed E-state index contributed by atoms with van der Waals surface area (Å²) >= 11 is 0. The van der Waals surface area contributed by atoms with Crippen molar-refractivity contribution in [1.82, 2.24) is 4.90 Å². The highest BCUT2D eigenvalue weighted by atomic mass is 19.1. The van der Waals surface area contributed by atoms with E-state index in [0.717, 1.165) is 25.0 Å². The lowest BCUT2D eigenvalue weighted by atomic mass is 10.1. The maximum absolute atomic E-state index is 13.6. The first-order chi connectivity index (χ1) is 8.45. The monoisotopic (exact) mass is 256 g/mol. The Morgan fingerprint density at radius 1 is 1.33 bits per heavy atom. The molecule has 0 aromatic heterocycles. The average Bonchev–Trinajstić information content (AvgIpc) is 2.32. The smallest absolute Gasteiger partial charge is 0.128 e. The van der Waals surface area contributed by atoms with E-state index in [1.807, 2.05) is 7.05 Å². The van der Waals surface area contributed by atoms with Gasteiger partial charge in [-0.3, -0.25) is 0 Å². The van der Waals surface area contributed by atoms with Crippen LogP contribution in [-0.4, -0.2) is 24.5 Å². The predicted octanol–water partition coefficient (Wildman–Crippen LogP) is 3.09. The van der Waals surface area contributed by atoms with Gasteiger partial charge >= 0.3 is 0 Å². The van der Waals surface area contributed by atoms with E-state index in [4.69, 9.17) is 5.73 Å². The minimum absolute atomic E-state index is 0.241. The summed E-state index contributed by atoms with van der Waals surface area (Å²) in [5, 5.41) is 0. The third kappa shape index (κ3) is 4.03. The van der Waals surface area contributed by atoms with E-state index in [0.29, 0.717) is 12.6 Å². The topological polar surface area (TPSA) is 29.3 Å². The van der Waals surface area contributed by atoms with Gasteiger partial charge in [0.1, 0.15) is 11.6 Å². The molecule has 1 aromatic rings. The number of hydrogen-bond acceptors (Lipinski definition) is 2. The van der Waals surface area contributed by atoms with Crippen molar-refractivity contribution in [3.05, 3.63) is 35.4 Å². The average molecular weight is 256 g/mol. The van der Waals surface area contributed by atoms with Gasteiger partial charge in [0, 0.05) is 24.2 Å². The van der Waals surface area contributed by atoms with Crippen LogP contribution in [-0.2, 0) is 0 Å². The van der Waals surface area contributed by atoms with Gasteiger partial charge in [-0.2, -0.15) is 0 Å². The number of rotatable bonds is 6. The number of nitrogens with two attached hydrogens (primary N) is 1. The first-order valence-electron chi connectivity index (χ1n) is 6.36. The molecule has 1 aromatic carbocycles. The fourth-order valence-electron chi connectivity index (χ4n) is 2.03. The lowest BCUT2D eigenvalue weighted by molar-refractivity contribution is 0.230. The van der Waals surface area contributed by atoms with Crippen LogP contribution in [0, 0.1) is 11.6 Å². The van der Waals surface area contributed by atoms with Crippen LogP contribution < -0.4 is 5.73 Å². The van der Waals surface area contributed by atoms with Crippen LogP contribution in [0.25, 0.3) is 0 Å². The maximum Gasteiger partial charge on any atom is 0.128 e. The van der Waals surface area contributed by atoms with Gasteiger partial charge < -0.3 is 10.6 Å². The summed E-state index contributed by atoms with van der Waals surface area (Å²) in [5.74, 6) is -0.897. The summed E-state index contributed by atoms with van der Waals surface area (Å²) in [5.41, 5.74) is 6.19. The number of hydrogen-bond donors (Lipinski definition) is 1. The number of nitrogens with zero attached hydrogens (tertiary/aromatic N) is 1. The number of benzene rings is 1. The highest BCUT2D eigenvalue weighted by molar-refractivity contribution is 5.22. The molecule has 0 heterocycles. The van der Waals surface area contributed by atoms with Crippen molar-refractivity contribution in [3.8, 4) is 0 Å². The van der Waals surface area contributed by atoms with E-state index in [1.54, 1.807) is 0 Å². The van der Waals surface area contributed by atoms with Gasteiger partial charge in [-0.15, -0.1) is 0 Å². The quantitative estimate of drug-likeness (QED) is 0.847. The Morgan fingerprint density at radius 3 is 2.61 bits per heavy atom. The minimum atomic E-state index is -0.509. The Hall–Kier alpha value is -1.00. The lowest BCUT2D eigenvalue weighted by Crippen LogP contribution is -2.35. The molecular formula is C14H22F2N2. The van der Waals surface area contributed by atoms with Crippen LogP contribution in [0.1, 0.15) is 38.3 Å². The fraction of sp³-hybridized carbons (Fsp3) is 0.571. The van der Waals surface area contributed by atoms with Gasteiger partial charge in [0.25, 0.3) is 0 Å². The van der Waals surface area contributed by atoms with Crippen LogP contribution in [0.5, 0.6) is 0 Å². The van der Waals surface area contributed by atoms with E-state index >= 15 is 0 Å². The molecule has 0 aliphatic carbocycles. The summed E-state index contributed by atoms with van der Waals surface area (Å²) in [6.45, 7) is 4.75. The Balaban J connectivity index is 2.69. The summed E-state index contributed by atoms with van der Waals surface area (Å²) in [6.07, 6.45) is 2.16. The molecule has 102 valence electrons. The highest BCUT2D eigenvalue weighted by Gasteiger charge is 2.17. The Kier molecular flexibility index (Phi) is 5.69. The lowest BCUT2D eigenvalue weighted by Gasteiger charge is -2.27. The SMILES string of the molecule is CCCC(C)N(C)CC(N)c1cc(F)ccc1F. The fourth-order valence-corrected chi connectivity index (χ4v) is 2.03. The van der Waals surface area contributed by atoms with Crippen molar-refractivity contribution in [1.29, 1.82) is 0 Å². The summed E-state index contributed by atoms with van der Waals surface area (Å²) in [6, 6.07) is 3.29. The summed E-state index contributed by atoms with van der Waals surface area (Å²) in [4.78, 5) is 2.08. The molecule has 0 amide bonds. The van der Waals surface area contributed by atoms with Gasteiger partial charge in [-0.1, -0.05) is 13.3 Å². The Bertz CT molecular complexity index is 382. The normalized spacial score (nSPS) is 14.8. The van der Waals surface area contributed by atoms with Crippen molar-refractivity contribution < 1.29 is 8.78 Å². The van der Waals surface area contributed by atoms with Gasteiger partial charge in [-0.05, 0) is 38.6 Å². The van der Waals surface area contributed by atoms with Gasteiger partial charge in [0.15, 0.2) is 0 Å². The molecule has 18 heavy (non-hydrogen) atoms. The first-order valence-corrected chi connectivity index (χ1v) is 6.36. The molecule has 2 atom stereocenters. The molecule has 0 bridgehead atoms. The van der Waals surface area contributed by atoms with Crippen LogP contribution in [0.4, 0.5) is 8.78 Å². The number of likely N-dealkylation sites (N-methyl/N-ethyl adjacent to an activating group) is 1. The molecule has 2 nitrogen and oxygen atoms in total. The molecular weight excluding hydrogens is 234 g/mol. The summed E-state index contributed by atoms with van der Waals surface area (Å²) in [7, 11) is 1.96. The molecule has 0 aliphatic heterocycles. The van der Waals surface area contributed by atoms with E-state index in [9.17, 15) is 8.78 Å². The second-order valence-corrected chi connectivity index (χ2v) is 4.85. The van der Waals surface area contributed by atoms with E-state index in [2.05, 4.69) is 18.7 Å². The van der Waals surface area contributed by atoms with Gasteiger partial charge in [0.2, 0.25) is 0 Å². The van der Waals surface area contributed by atoms with Crippen LogP contribution >= 0.6 is 0 Å². The first kappa shape index (κ1) is 15.1. The van der Waals surface area contributed by atoms with E-state index < -0.39 is 17.7 Å². The van der Waals surface area contributed by atoms with Crippen LogP contribution in [0.2, 0.25) is 0 Å². The molecule has 4 heteroatoms. The molecule has 0 aliphatic rings. The molecule has 2 unspecified atom stereocenters. The molecule has 0 radical (unpaired) electrons. The van der Waals surface area contributed by atoms with E-state index in [1.165, 1.54) is 6.07 Å². The van der Waals surface area contributed by atoms with Gasteiger partial charge in [-0.25, -0.2) is 8.78 Å². The predicted molar refractivity (Wildman–Crippen MR) is 70.3 cm³/mol. The maximum atomic E-state index is 13.6. The van der Waals surface area contributed by atoms with E-state index in [-0.39, 0.29) is 5.56 Å². The molecule has 0 saturated heterocycles. The van der Waals surface area contributed by atoms with Crippen molar-refractivity contribution in [2.45, 2.75) is 38.8 Å². The van der Waals surface area contributed by atoms with Crippen LogP contribution in [0.3, 0.4) is 0 Å². The van der Waals surface area contributed by atoms with Crippen molar-refractivity contribution in [3.63, 3.8) is 0 Å². The Morgan fingerprint density at radius 2 is 2.00 bits per heavy atom. The van der Waals surface area contributed by atoms with Gasteiger partial charge in [0.05, 0.1) is 0 Å². The second kappa shape index (κ2) is 6.81.